The maximum atomic E-state index is 12.9. The smallest absolute Gasteiger partial charge is 0.335 e. The third-order valence-electron chi connectivity index (χ3n) is 5.55. The SMILES string of the molecule is CCc1c(C)nn(CC(=O)N2CCC[C@H](c3cccc(C(=O)O)c3)C2)c1C. The summed E-state index contributed by atoms with van der Waals surface area (Å²) in [5, 5.41) is 13.7. The van der Waals surface area contributed by atoms with Crippen molar-refractivity contribution in [1.82, 2.24) is 14.7 Å². The minimum atomic E-state index is -0.920. The molecular formula is C21H27N3O3. The molecule has 2 aromatic rings. The van der Waals surface area contributed by atoms with Crippen LogP contribution >= 0.6 is 0 Å². The molecule has 0 bridgehead atoms. The minimum absolute atomic E-state index is 0.0716. The minimum Gasteiger partial charge on any atom is -0.478 e. The maximum absolute atomic E-state index is 12.9. The van der Waals surface area contributed by atoms with E-state index in [1.54, 1.807) is 18.2 Å². The molecule has 1 atom stereocenters. The molecule has 2 heterocycles. The number of piperidine rings is 1. The summed E-state index contributed by atoms with van der Waals surface area (Å²) in [5.74, 6) is -0.673. The number of carboxylic acid groups (broad SMARTS) is 1. The van der Waals surface area contributed by atoms with Crippen molar-refractivity contribution in [3.05, 3.63) is 52.3 Å². The number of rotatable bonds is 5. The number of nitrogens with zero attached hydrogens (tertiary/aromatic N) is 3. The molecule has 27 heavy (non-hydrogen) atoms. The van der Waals surface area contributed by atoms with Crippen LogP contribution < -0.4 is 0 Å². The van der Waals surface area contributed by atoms with Gasteiger partial charge in [0.15, 0.2) is 0 Å². The van der Waals surface area contributed by atoms with Crippen molar-refractivity contribution in [3.8, 4) is 0 Å². The quantitative estimate of drug-likeness (QED) is 0.878. The Bertz CT molecular complexity index is 856. The first-order chi connectivity index (χ1) is 12.9. The van der Waals surface area contributed by atoms with Crippen LogP contribution in [0.2, 0.25) is 0 Å². The number of hydrogen-bond donors (Lipinski definition) is 1. The maximum Gasteiger partial charge on any atom is 0.335 e. The third kappa shape index (κ3) is 4.04. The van der Waals surface area contributed by atoms with E-state index in [2.05, 4.69) is 12.0 Å². The summed E-state index contributed by atoms with van der Waals surface area (Å²) in [6.07, 6.45) is 2.80. The van der Waals surface area contributed by atoms with Crippen molar-refractivity contribution in [1.29, 1.82) is 0 Å². The highest BCUT2D eigenvalue weighted by molar-refractivity contribution is 5.87. The van der Waals surface area contributed by atoms with Gasteiger partial charge in [0.25, 0.3) is 0 Å². The third-order valence-corrected chi connectivity index (χ3v) is 5.55. The summed E-state index contributed by atoms with van der Waals surface area (Å²) in [6.45, 7) is 7.73. The second kappa shape index (κ2) is 7.94. The molecule has 0 spiro atoms. The number of aromatic carboxylic acids is 1. The lowest BCUT2D eigenvalue weighted by molar-refractivity contribution is -0.133. The van der Waals surface area contributed by atoms with Gasteiger partial charge in [0.1, 0.15) is 6.54 Å². The molecule has 1 fully saturated rings. The molecule has 0 radical (unpaired) electrons. The molecule has 3 rings (SSSR count). The van der Waals surface area contributed by atoms with Gasteiger partial charge in [-0.1, -0.05) is 19.1 Å². The van der Waals surface area contributed by atoms with E-state index in [4.69, 9.17) is 0 Å². The zero-order valence-corrected chi connectivity index (χ0v) is 16.2. The lowest BCUT2D eigenvalue weighted by Crippen LogP contribution is -2.41. The van der Waals surface area contributed by atoms with Crippen molar-refractivity contribution in [2.75, 3.05) is 13.1 Å². The van der Waals surface area contributed by atoms with Crippen LogP contribution in [-0.4, -0.2) is 44.8 Å². The lowest BCUT2D eigenvalue weighted by Gasteiger charge is -2.33. The number of amides is 1. The number of carbonyl (C=O) groups excluding carboxylic acids is 1. The number of carboxylic acids is 1. The Morgan fingerprint density at radius 2 is 2.07 bits per heavy atom. The summed E-state index contributed by atoms with van der Waals surface area (Å²) >= 11 is 0. The second-order valence-electron chi connectivity index (χ2n) is 7.27. The van der Waals surface area contributed by atoms with Crippen LogP contribution in [0.3, 0.4) is 0 Å². The van der Waals surface area contributed by atoms with Gasteiger partial charge >= 0.3 is 5.97 Å². The van der Waals surface area contributed by atoms with Crippen LogP contribution in [0.5, 0.6) is 0 Å². The topological polar surface area (TPSA) is 75.4 Å². The Morgan fingerprint density at radius 1 is 1.30 bits per heavy atom. The standard InChI is InChI=1S/C21H27N3O3/c1-4-19-14(2)22-24(15(19)3)13-20(25)23-10-6-9-18(12-23)16-7-5-8-17(11-16)21(26)27/h5,7-8,11,18H,4,6,9-10,12-13H2,1-3H3,(H,26,27)/t18-/m0/s1. The predicted molar refractivity (Wildman–Crippen MR) is 103 cm³/mol. The fraction of sp³-hybridized carbons (Fsp3) is 0.476. The zero-order chi connectivity index (χ0) is 19.6. The molecule has 6 nitrogen and oxygen atoms in total. The molecule has 1 N–H and O–H groups in total. The fourth-order valence-corrected chi connectivity index (χ4v) is 4.03. The molecule has 144 valence electrons. The molecule has 1 aromatic heterocycles. The van der Waals surface area contributed by atoms with Gasteiger partial charge < -0.3 is 10.0 Å². The predicted octanol–water partition coefficient (Wildman–Crippen LogP) is 3.17. The van der Waals surface area contributed by atoms with E-state index >= 15 is 0 Å². The van der Waals surface area contributed by atoms with Crippen molar-refractivity contribution in [2.45, 2.75) is 52.5 Å². The van der Waals surface area contributed by atoms with Crippen LogP contribution in [0, 0.1) is 13.8 Å². The van der Waals surface area contributed by atoms with Crippen LogP contribution in [0.25, 0.3) is 0 Å². The molecule has 1 aliphatic rings. The molecule has 0 aliphatic carbocycles. The van der Waals surface area contributed by atoms with Crippen molar-refractivity contribution in [3.63, 3.8) is 0 Å². The summed E-state index contributed by atoms with van der Waals surface area (Å²) in [6, 6.07) is 7.07. The Balaban J connectivity index is 1.71. The van der Waals surface area contributed by atoms with E-state index in [0.717, 1.165) is 42.8 Å². The molecule has 1 aliphatic heterocycles. The molecule has 0 saturated carbocycles. The monoisotopic (exact) mass is 369 g/mol. The van der Waals surface area contributed by atoms with E-state index in [-0.39, 0.29) is 18.4 Å². The Labute approximate surface area is 159 Å². The van der Waals surface area contributed by atoms with Crippen LogP contribution in [0.1, 0.15) is 58.6 Å². The highest BCUT2D eigenvalue weighted by Gasteiger charge is 2.26. The van der Waals surface area contributed by atoms with Gasteiger partial charge in [0.05, 0.1) is 11.3 Å². The van der Waals surface area contributed by atoms with E-state index in [1.165, 1.54) is 5.56 Å². The number of benzene rings is 1. The Kier molecular flexibility index (Phi) is 5.63. The van der Waals surface area contributed by atoms with Gasteiger partial charge in [-0.15, -0.1) is 0 Å². The molecule has 1 saturated heterocycles. The second-order valence-corrected chi connectivity index (χ2v) is 7.27. The van der Waals surface area contributed by atoms with Crippen LogP contribution in [0.15, 0.2) is 24.3 Å². The van der Waals surface area contributed by atoms with Crippen molar-refractivity contribution >= 4 is 11.9 Å². The summed E-state index contributed by atoms with van der Waals surface area (Å²) in [7, 11) is 0. The highest BCUT2D eigenvalue weighted by atomic mass is 16.4. The van der Waals surface area contributed by atoms with Gasteiger partial charge in [0, 0.05) is 24.7 Å². The zero-order valence-electron chi connectivity index (χ0n) is 16.2. The van der Waals surface area contributed by atoms with Gasteiger partial charge in [-0.05, 0) is 56.4 Å². The van der Waals surface area contributed by atoms with Crippen molar-refractivity contribution in [2.24, 2.45) is 0 Å². The van der Waals surface area contributed by atoms with E-state index in [1.807, 2.05) is 29.5 Å². The summed E-state index contributed by atoms with van der Waals surface area (Å²) in [5.41, 5.74) is 4.55. The summed E-state index contributed by atoms with van der Waals surface area (Å²) < 4.78 is 1.81. The molecule has 0 unspecified atom stereocenters. The Morgan fingerprint density at radius 3 is 2.74 bits per heavy atom. The normalized spacial score (nSPS) is 17.1. The first-order valence-corrected chi connectivity index (χ1v) is 9.54. The average molecular weight is 369 g/mol. The first-order valence-electron chi connectivity index (χ1n) is 9.54. The van der Waals surface area contributed by atoms with Gasteiger partial charge in [0.2, 0.25) is 5.91 Å². The van der Waals surface area contributed by atoms with Crippen LogP contribution in [0.4, 0.5) is 0 Å². The number of aryl methyl sites for hydroxylation is 1. The highest BCUT2D eigenvalue weighted by Crippen LogP contribution is 2.28. The number of aromatic nitrogens is 2. The van der Waals surface area contributed by atoms with E-state index < -0.39 is 5.97 Å². The number of likely N-dealkylation sites (tertiary alicyclic amines) is 1. The van der Waals surface area contributed by atoms with E-state index in [0.29, 0.717) is 12.1 Å². The average Bonchev–Trinajstić information content (AvgIpc) is 2.94. The molecule has 1 aromatic carbocycles. The summed E-state index contributed by atoms with van der Waals surface area (Å²) in [4.78, 5) is 26.0. The first kappa shape index (κ1) is 19.1. The number of hydrogen-bond acceptors (Lipinski definition) is 3. The molecular weight excluding hydrogens is 342 g/mol. The fourth-order valence-electron chi connectivity index (χ4n) is 4.03. The molecule has 1 amide bonds. The largest absolute Gasteiger partial charge is 0.478 e. The Hall–Kier alpha value is -2.63. The lowest BCUT2D eigenvalue weighted by atomic mass is 9.89. The van der Waals surface area contributed by atoms with Gasteiger partial charge in [-0.3, -0.25) is 9.48 Å². The van der Waals surface area contributed by atoms with Crippen molar-refractivity contribution < 1.29 is 14.7 Å². The van der Waals surface area contributed by atoms with Gasteiger partial charge in [-0.2, -0.15) is 5.10 Å². The van der Waals surface area contributed by atoms with Crippen LogP contribution in [-0.2, 0) is 17.8 Å². The van der Waals surface area contributed by atoms with Gasteiger partial charge in [-0.25, -0.2) is 4.79 Å². The van der Waals surface area contributed by atoms with E-state index in [9.17, 15) is 14.7 Å². The molecule has 6 heteroatoms. The number of carbonyl (C=O) groups is 2.